The molecule has 0 radical (unpaired) electrons. The quantitative estimate of drug-likeness (QED) is 0.722. The fraction of sp³-hybridized carbons (Fsp3) is 0.417. The minimum atomic E-state index is 0.564. The van der Waals surface area contributed by atoms with E-state index >= 15 is 0 Å². The maximum Gasteiger partial charge on any atom is 0.168 e. The number of rotatable bonds is 2. The zero-order valence-electron chi connectivity index (χ0n) is 9.61. The van der Waals surface area contributed by atoms with Gasteiger partial charge in [0, 0.05) is 7.05 Å². The Morgan fingerprint density at radius 3 is 2.67 bits per heavy atom. The Hall–Kier alpha value is -0.960. The maximum atomic E-state index is 4.60. The minimum Gasteiger partial charge on any atom is -0.322 e. The molecular weight excluding hydrogens is 204 g/mol. The molecule has 0 saturated heterocycles. The van der Waals surface area contributed by atoms with Crippen LogP contribution in [0.4, 0.5) is 0 Å². The van der Waals surface area contributed by atoms with Gasteiger partial charge in [0.15, 0.2) is 5.16 Å². The molecule has 80 valence electrons. The molecule has 0 amide bonds. The Bertz CT molecular complexity index is 486. The van der Waals surface area contributed by atoms with Crippen LogP contribution in [0.1, 0.15) is 25.3 Å². The van der Waals surface area contributed by atoms with Crippen LogP contribution in [0.5, 0.6) is 0 Å². The van der Waals surface area contributed by atoms with Crippen LogP contribution in [0.2, 0.25) is 0 Å². The third kappa shape index (κ3) is 1.76. The van der Waals surface area contributed by atoms with Crippen molar-refractivity contribution >= 4 is 22.8 Å². The second kappa shape index (κ2) is 3.89. The fourth-order valence-electron chi connectivity index (χ4n) is 1.74. The first-order chi connectivity index (χ1) is 7.13. The lowest BCUT2D eigenvalue weighted by Crippen LogP contribution is -1.90. The summed E-state index contributed by atoms with van der Waals surface area (Å²) in [4.78, 5) is 4.60. The Kier molecular flexibility index (Phi) is 2.74. The maximum absolute atomic E-state index is 4.60. The highest BCUT2D eigenvalue weighted by Gasteiger charge is 2.08. The molecule has 15 heavy (non-hydrogen) atoms. The molecule has 0 bridgehead atoms. The van der Waals surface area contributed by atoms with Crippen LogP contribution in [-0.4, -0.2) is 15.8 Å². The average Bonchev–Trinajstić information content (AvgIpc) is 2.55. The Labute approximate surface area is 94.7 Å². The second-order valence-electron chi connectivity index (χ2n) is 4.06. The fourth-order valence-corrected chi connectivity index (χ4v) is 2.30. The van der Waals surface area contributed by atoms with Crippen molar-refractivity contribution in [3.63, 3.8) is 0 Å². The molecule has 3 heteroatoms. The number of hydrogen-bond donors (Lipinski definition) is 0. The normalized spacial score (nSPS) is 11.5. The highest BCUT2D eigenvalue weighted by Crippen LogP contribution is 2.24. The first-order valence-corrected chi connectivity index (χ1v) is 6.36. The molecule has 1 aromatic heterocycles. The second-order valence-corrected chi connectivity index (χ2v) is 4.83. The van der Waals surface area contributed by atoms with Crippen LogP contribution in [0.15, 0.2) is 23.4 Å². The van der Waals surface area contributed by atoms with E-state index in [-0.39, 0.29) is 0 Å². The van der Waals surface area contributed by atoms with Crippen LogP contribution in [0, 0.1) is 0 Å². The summed E-state index contributed by atoms with van der Waals surface area (Å²) in [7, 11) is 2.07. The summed E-state index contributed by atoms with van der Waals surface area (Å²) in [5, 5.41) is 1.07. The molecule has 0 aliphatic carbocycles. The van der Waals surface area contributed by atoms with Crippen LogP contribution >= 0.6 is 11.8 Å². The Morgan fingerprint density at radius 1 is 1.33 bits per heavy atom. The highest BCUT2D eigenvalue weighted by molar-refractivity contribution is 7.98. The molecular formula is C12H16N2S. The molecule has 2 aromatic rings. The van der Waals surface area contributed by atoms with E-state index in [2.05, 4.69) is 54.9 Å². The monoisotopic (exact) mass is 220 g/mol. The summed E-state index contributed by atoms with van der Waals surface area (Å²) in [6.45, 7) is 4.42. The zero-order valence-corrected chi connectivity index (χ0v) is 10.4. The van der Waals surface area contributed by atoms with Gasteiger partial charge in [0.25, 0.3) is 0 Å². The van der Waals surface area contributed by atoms with E-state index in [0.29, 0.717) is 5.92 Å². The van der Waals surface area contributed by atoms with E-state index in [1.54, 1.807) is 11.8 Å². The van der Waals surface area contributed by atoms with Gasteiger partial charge in [0.1, 0.15) is 0 Å². The number of aryl methyl sites for hydroxylation is 1. The van der Waals surface area contributed by atoms with E-state index in [4.69, 9.17) is 0 Å². The van der Waals surface area contributed by atoms with E-state index in [1.807, 2.05) is 0 Å². The lowest BCUT2D eigenvalue weighted by molar-refractivity contribution is 0.817. The molecule has 2 nitrogen and oxygen atoms in total. The molecule has 0 spiro atoms. The summed E-state index contributed by atoms with van der Waals surface area (Å²) in [5.74, 6) is 0.564. The van der Waals surface area contributed by atoms with Gasteiger partial charge in [-0.2, -0.15) is 0 Å². The minimum absolute atomic E-state index is 0.564. The molecule has 0 atom stereocenters. The first-order valence-electron chi connectivity index (χ1n) is 5.14. The topological polar surface area (TPSA) is 17.8 Å². The van der Waals surface area contributed by atoms with E-state index in [1.165, 1.54) is 11.1 Å². The van der Waals surface area contributed by atoms with Crippen molar-refractivity contribution in [1.29, 1.82) is 0 Å². The van der Waals surface area contributed by atoms with Gasteiger partial charge in [-0.3, -0.25) is 0 Å². The van der Waals surface area contributed by atoms with E-state index in [0.717, 1.165) is 10.7 Å². The Balaban J connectivity index is 2.63. The lowest BCUT2D eigenvalue weighted by atomic mass is 10.0. The molecule has 1 aromatic carbocycles. The first kappa shape index (κ1) is 10.6. The number of benzene rings is 1. The van der Waals surface area contributed by atoms with Crippen molar-refractivity contribution in [2.75, 3.05) is 6.26 Å². The molecule has 0 N–H and O–H groups in total. The molecule has 0 aliphatic heterocycles. The van der Waals surface area contributed by atoms with Crippen molar-refractivity contribution < 1.29 is 0 Å². The number of nitrogens with zero attached hydrogens (tertiary/aromatic N) is 2. The number of aromatic nitrogens is 2. The van der Waals surface area contributed by atoms with Crippen molar-refractivity contribution in [3.05, 3.63) is 23.8 Å². The van der Waals surface area contributed by atoms with Gasteiger partial charge in [0.2, 0.25) is 0 Å². The SMILES string of the molecule is CSc1nc2cc(C(C)C)ccc2n1C. The van der Waals surface area contributed by atoms with Gasteiger partial charge in [-0.25, -0.2) is 4.98 Å². The van der Waals surface area contributed by atoms with Crippen molar-refractivity contribution in [3.8, 4) is 0 Å². The van der Waals surface area contributed by atoms with Gasteiger partial charge in [-0.05, 0) is 29.9 Å². The summed E-state index contributed by atoms with van der Waals surface area (Å²) >= 11 is 1.69. The predicted molar refractivity (Wildman–Crippen MR) is 66.6 cm³/mol. The summed E-state index contributed by atoms with van der Waals surface area (Å²) in [6.07, 6.45) is 2.06. The lowest BCUT2D eigenvalue weighted by Gasteiger charge is -2.04. The summed E-state index contributed by atoms with van der Waals surface area (Å²) in [6, 6.07) is 6.55. The average molecular weight is 220 g/mol. The van der Waals surface area contributed by atoms with E-state index < -0.39 is 0 Å². The summed E-state index contributed by atoms with van der Waals surface area (Å²) in [5.41, 5.74) is 3.67. The van der Waals surface area contributed by atoms with Crippen LogP contribution in [0.25, 0.3) is 11.0 Å². The van der Waals surface area contributed by atoms with Crippen molar-refractivity contribution in [2.24, 2.45) is 7.05 Å². The smallest absolute Gasteiger partial charge is 0.168 e. The van der Waals surface area contributed by atoms with Gasteiger partial charge < -0.3 is 4.57 Å². The van der Waals surface area contributed by atoms with Gasteiger partial charge in [-0.15, -0.1) is 0 Å². The van der Waals surface area contributed by atoms with Crippen molar-refractivity contribution in [2.45, 2.75) is 24.9 Å². The molecule has 0 aliphatic rings. The molecule has 2 rings (SSSR count). The van der Waals surface area contributed by atoms with Gasteiger partial charge in [0.05, 0.1) is 11.0 Å². The molecule has 1 heterocycles. The third-order valence-electron chi connectivity index (χ3n) is 2.71. The molecule has 0 fully saturated rings. The van der Waals surface area contributed by atoms with Crippen molar-refractivity contribution in [1.82, 2.24) is 9.55 Å². The van der Waals surface area contributed by atoms with Gasteiger partial charge in [-0.1, -0.05) is 31.7 Å². The standard InChI is InChI=1S/C12H16N2S/c1-8(2)9-5-6-11-10(7-9)13-12(15-4)14(11)3/h5-8H,1-4H3. The van der Waals surface area contributed by atoms with E-state index in [9.17, 15) is 0 Å². The number of hydrogen-bond acceptors (Lipinski definition) is 2. The van der Waals surface area contributed by atoms with Crippen LogP contribution < -0.4 is 0 Å². The Morgan fingerprint density at radius 2 is 2.07 bits per heavy atom. The van der Waals surface area contributed by atoms with Crippen LogP contribution in [-0.2, 0) is 7.05 Å². The number of imidazole rings is 1. The number of thioether (sulfide) groups is 1. The largest absolute Gasteiger partial charge is 0.322 e. The third-order valence-corrected chi connectivity index (χ3v) is 3.44. The van der Waals surface area contributed by atoms with Crippen LogP contribution in [0.3, 0.4) is 0 Å². The molecule has 0 unspecified atom stereocenters. The zero-order chi connectivity index (χ0) is 11.0. The summed E-state index contributed by atoms with van der Waals surface area (Å²) < 4.78 is 2.14. The predicted octanol–water partition coefficient (Wildman–Crippen LogP) is 3.42. The molecule has 0 saturated carbocycles. The highest BCUT2D eigenvalue weighted by atomic mass is 32.2. The number of fused-ring (bicyclic) bond motifs is 1. The van der Waals surface area contributed by atoms with Gasteiger partial charge >= 0.3 is 0 Å².